The molecular weight excluding hydrogens is 458 g/mol. The first-order chi connectivity index (χ1) is 14.9. The number of hydrogen-bond acceptors (Lipinski definition) is 7. The Hall–Kier alpha value is -2.88. The summed E-state index contributed by atoms with van der Waals surface area (Å²) >= 11 is 7.23. The molecule has 0 unspecified atom stereocenters. The van der Waals surface area contributed by atoms with Gasteiger partial charge in [0.25, 0.3) is 15.9 Å². The first kappa shape index (κ1) is 21.4. The third kappa shape index (κ3) is 4.30. The van der Waals surface area contributed by atoms with Crippen molar-refractivity contribution in [2.45, 2.75) is 11.8 Å². The van der Waals surface area contributed by atoms with Crippen LogP contribution in [0.5, 0.6) is 5.75 Å². The van der Waals surface area contributed by atoms with Crippen LogP contribution in [0, 0.1) is 0 Å². The van der Waals surface area contributed by atoms with E-state index in [9.17, 15) is 8.42 Å². The van der Waals surface area contributed by atoms with Crippen molar-refractivity contribution in [1.29, 1.82) is 0 Å². The van der Waals surface area contributed by atoms with E-state index < -0.39 is 10.0 Å². The predicted octanol–water partition coefficient (Wildman–Crippen LogP) is 5.34. The molecule has 0 aliphatic carbocycles. The Morgan fingerprint density at radius 2 is 1.97 bits per heavy atom. The molecule has 0 aliphatic heterocycles. The summed E-state index contributed by atoms with van der Waals surface area (Å²) in [6.45, 7) is 2.44. The van der Waals surface area contributed by atoms with Crippen LogP contribution in [0.1, 0.15) is 6.92 Å². The Morgan fingerprint density at radius 3 is 2.74 bits per heavy atom. The van der Waals surface area contributed by atoms with E-state index in [0.29, 0.717) is 39.3 Å². The summed E-state index contributed by atoms with van der Waals surface area (Å²) < 4.78 is 38.6. The Kier molecular flexibility index (Phi) is 5.99. The summed E-state index contributed by atoms with van der Waals surface area (Å²) in [5, 5.41) is 6.14. The molecule has 10 heteroatoms. The van der Waals surface area contributed by atoms with Crippen molar-refractivity contribution in [3.63, 3.8) is 0 Å². The van der Waals surface area contributed by atoms with Gasteiger partial charge in [0, 0.05) is 17.6 Å². The molecule has 0 spiro atoms. The molecule has 0 radical (unpaired) electrons. The molecule has 2 aromatic carbocycles. The molecule has 0 fully saturated rings. The third-order valence-corrected chi connectivity index (χ3v) is 7.56. The maximum absolute atomic E-state index is 13.3. The van der Waals surface area contributed by atoms with Crippen LogP contribution in [0.25, 0.3) is 22.2 Å². The van der Waals surface area contributed by atoms with Crippen molar-refractivity contribution >= 4 is 38.6 Å². The highest BCUT2D eigenvalue weighted by molar-refractivity contribution is 7.93. The lowest BCUT2D eigenvalue weighted by molar-refractivity contribution is 0.340. The SMILES string of the molecule is CCOc1cccc(-c2noc(-c3sccc3S(=O)(=O)N(C)c3cccc(Cl)c3)n2)c1. The molecule has 0 atom stereocenters. The van der Waals surface area contributed by atoms with Crippen LogP contribution in [0.4, 0.5) is 5.69 Å². The van der Waals surface area contributed by atoms with Gasteiger partial charge in [-0.25, -0.2) is 8.42 Å². The van der Waals surface area contributed by atoms with Crippen LogP contribution in [0.3, 0.4) is 0 Å². The summed E-state index contributed by atoms with van der Waals surface area (Å²) in [7, 11) is -2.40. The number of sulfonamides is 1. The number of benzene rings is 2. The van der Waals surface area contributed by atoms with Gasteiger partial charge in [-0.3, -0.25) is 4.31 Å². The van der Waals surface area contributed by atoms with E-state index in [1.54, 1.807) is 35.7 Å². The van der Waals surface area contributed by atoms with Crippen molar-refractivity contribution in [3.8, 4) is 27.9 Å². The topological polar surface area (TPSA) is 85.5 Å². The van der Waals surface area contributed by atoms with E-state index in [4.69, 9.17) is 20.9 Å². The molecule has 7 nitrogen and oxygen atoms in total. The van der Waals surface area contributed by atoms with Crippen molar-refractivity contribution in [3.05, 3.63) is 65.0 Å². The molecule has 4 aromatic rings. The standard InChI is InChI=1S/C21H18ClN3O4S2/c1-3-28-17-9-4-6-14(12-17)20-23-21(29-24-20)19-18(10-11-30-19)31(26,27)25(2)16-8-5-7-15(22)13-16/h4-13H,3H2,1-2H3. The van der Waals surface area contributed by atoms with Crippen LogP contribution >= 0.6 is 22.9 Å². The highest BCUT2D eigenvalue weighted by Gasteiger charge is 2.28. The molecule has 0 aliphatic rings. The number of ether oxygens (including phenoxy) is 1. The summed E-state index contributed by atoms with van der Waals surface area (Å²) in [5.74, 6) is 1.16. The summed E-state index contributed by atoms with van der Waals surface area (Å²) in [6.07, 6.45) is 0. The minimum atomic E-state index is -3.88. The van der Waals surface area contributed by atoms with E-state index in [-0.39, 0.29) is 10.8 Å². The molecule has 0 saturated carbocycles. The molecule has 0 saturated heterocycles. The van der Waals surface area contributed by atoms with Gasteiger partial charge in [0.05, 0.1) is 12.3 Å². The van der Waals surface area contributed by atoms with E-state index in [1.807, 2.05) is 25.1 Å². The summed E-state index contributed by atoms with van der Waals surface area (Å²) in [4.78, 5) is 4.87. The molecule has 0 N–H and O–H groups in total. The number of rotatable bonds is 7. The Balaban J connectivity index is 1.68. The smallest absolute Gasteiger partial charge is 0.269 e. The zero-order valence-electron chi connectivity index (χ0n) is 16.6. The number of aromatic nitrogens is 2. The molecule has 31 heavy (non-hydrogen) atoms. The van der Waals surface area contributed by atoms with Crippen molar-refractivity contribution in [1.82, 2.24) is 10.1 Å². The highest BCUT2D eigenvalue weighted by atomic mass is 35.5. The van der Waals surface area contributed by atoms with Crippen molar-refractivity contribution in [2.75, 3.05) is 18.0 Å². The van der Waals surface area contributed by atoms with Crippen molar-refractivity contribution in [2.24, 2.45) is 0 Å². The van der Waals surface area contributed by atoms with Crippen molar-refractivity contribution < 1.29 is 17.7 Å². The largest absolute Gasteiger partial charge is 0.494 e. The van der Waals surface area contributed by atoms with Gasteiger partial charge >= 0.3 is 0 Å². The molecule has 0 amide bonds. The van der Waals surface area contributed by atoms with Crippen LogP contribution in [0.2, 0.25) is 5.02 Å². The zero-order valence-corrected chi connectivity index (χ0v) is 19.0. The minimum Gasteiger partial charge on any atom is -0.494 e. The first-order valence-corrected chi connectivity index (χ1v) is 12.0. The monoisotopic (exact) mass is 475 g/mol. The second kappa shape index (κ2) is 8.70. The van der Waals surface area contributed by atoms with Crippen LogP contribution < -0.4 is 9.04 Å². The quantitative estimate of drug-likeness (QED) is 0.358. The maximum Gasteiger partial charge on any atom is 0.269 e. The average molecular weight is 476 g/mol. The second-order valence-electron chi connectivity index (χ2n) is 6.45. The first-order valence-electron chi connectivity index (χ1n) is 9.29. The van der Waals surface area contributed by atoms with E-state index >= 15 is 0 Å². The van der Waals surface area contributed by atoms with E-state index in [0.717, 1.165) is 0 Å². The lowest BCUT2D eigenvalue weighted by atomic mass is 10.2. The normalized spacial score (nSPS) is 11.5. The molecule has 2 heterocycles. The average Bonchev–Trinajstić information content (AvgIpc) is 3.43. The highest BCUT2D eigenvalue weighted by Crippen LogP contribution is 2.36. The van der Waals surface area contributed by atoms with Crippen LogP contribution in [0.15, 0.2) is 69.4 Å². The molecular formula is C21H18ClN3O4S2. The lowest BCUT2D eigenvalue weighted by Crippen LogP contribution is -2.26. The summed E-state index contributed by atoms with van der Waals surface area (Å²) in [6, 6.07) is 15.5. The van der Waals surface area contributed by atoms with Gasteiger partial charge in [0.15, 0.2) is 0 Å². The van der Waals surface area contributed by atoms with Gasteiger partial charge in [0.1, 0.15) is 15.5 Å². The van der Waals surface area contributed by atoms with Gasteiger partial charge in [-0.15, -0.1) is 11.3 Å². The van der Waals surface area contributed by atoms with E-state index in [2.05, 4.69) is 10.1 Å². The Labute approximate surface area is 188 Å². The van der Waals surface area contributed by atoms with Crippen LogP contribution in [-0.4, -0.2) is 32.2 Å². The summed E-state index contributed by atoms with van der Waals surface area (Å²) in [5.41, 5.74) is 1.15. The fourth-order valence-electron chi connectivity index (χ4n) is 2.94. The molecule has 160 valence electrons. The third-order valence-electron chi connectivity index (χ3n) is 4.46. The molecule has 0 bridgehead atoms. The number of nitrogens with zero attached hydrogens (tertiary/aromatic N) is 3. The van der Waals surface area contributed by atoms with Gasteiger partial charge in [-0.1, -0.05) is 35.0 Å². The molecule has 4 rings (SSSR count). The predicted molar refractivity (Wildman–Crippen MR) is 121 cm³/mol. The fraction of sp³-hybridized carbons (Fsp3) is 0.143. The molecule has 2 aromatic heterocycles. The van der Waals surface area contributed by atoms with Gasteiger partial charge in [0.2, 0.25) is 5.82 Å². The number of halogens is 1. The fourth-order valence-corrected chi connectivity index (χ4v) is 5.63. The zero-order chi connectivity index (χ0) is 22.0. The maximum atomic E-state index is 13.3. The number of hydrogen-bond donors (Lipinski definition) is 0. The van der Waals surface area contributed by atoms with E-state index in [1.165, 1.54) is 28.8 Å². The van der Waals surface area contributed by atoms with Crippen LogP contribution in [-0.2, 0) is 10.0 Å². The second-order valence-corrected chi connectivity index (χ2v) is 9.74. The number of anilines is 1. The Bertz CT molecular complexity index is 1320. The van der Waals surface area contributed by atoms with Gasteiger partial charge < -0.3 is 9.26 Å². The van der Waals surface area contributed by atoms with Gasteiger partial charge in [-0.2, -0.15) is 4.98 Å². The number of thiophene rings is 1. The lowest BCUT2D eigenvalue weighted by Gasteiger charge is -2.19. The minimum absolute atomic E-state index is 0.0817. The Morgan fingerprint density at radius 1 is 1.16 bits per heavy atom. The van der Waals surface area contributed by atoms with Gasteiger partial charge in [-0.05, 0) is 48.7 Å².